The molecule has 2 N–H and O–H groups in total. The smallest absolute Gasteiger partial charge is 0.191 e. The molecule has 1 heterocycles. The molecule has 1 aromatic heterocycles. The fourth-order valence-corrected chi connectivity index (χ4v) is 2.59. The molecule has 0 bridgehead atoms. The van der Waals surface area contributed by atoms with Crippen molar-refractivity contribution in [3.63, 3.8) is 0 Å². The van der Waals surface area contributed by atoms with Gasteiger partial charge in [0.2, 0.25) is 0 Å². The summed E-state index contributed by atoms with van der Waals surface area (Å²) in [5.74, 6) is 1.67. The third kappa shape index (κ3) is 6.41. The van der Waals surface area contributed by atoms with Crippen LogP contribution >= 0.6 is 35.3 Å². The predicted octanol–water partition coefficient (Wildman–Crippen LogP) is 2.77. The predicted molar refractivity (Wildman–Crippen MR) is 96.2 cm³/mol. The summed E-state index contributed by atoms with van der Waals surface area (Å²) in [5.41, 5.74) is 1.33. The van der Waals surface area contributed by atoms with Crippen LogP contribution in [0.25, 0.3) is 0 Å². The number of aliphatic imine (C=N–C) groups is 1. The van der Waals surface area contributed by atoms with Crippen molar-refractivity contribution in [2.24, 2.45) is 10.9 Å². The van der Waals surface area contributed by atoms with Crippen molar-refractivity contribution in [1.82, 2.24) is 10.6 Å². The zero-order valence-electron chi connectivity index (χ0n) is 12.1. The minimum Gasteiger partial charge on any atom is -0.379 e. The van der Waals surface area contributed by atoms with Crippen LogP contribution in [0.2, 0.25) is 0 Å². The van der Waals surface area contributed by atoms with E-state index in [1.165, 1.54) is 23.3 Å². The average molecular weight is 409 g/mol. The lowest BCUT2D eigenvalue weighted by atomic mass is 10.3. The maximum Gasteiger partial charge on any atom is 0.191 e. The Morgan fingerprint density at radius 1 is 1.45 bits per heavy atom. The SMILES string of the molecule is CN=C(NCCOCC1CC1)NCc1sccc1C.I. The van der Waals surface area contributed by atoms with Crippen LogP contribution in [-0.2, 0) is 11.3 Å². The van der Waals surface area contributed by atoms with Gasteiger partial charge in [-0.05, 0) is 42.7 Å². The Balaban J connectivity index is 0.00000200. The Hall–Kier alpha value is -0.340. The van der Waals surface area contributed by atoms with E-state index >= 15 is 0 Å². The van der Waals surface area contributed by atoms with Crippen LogP contribution in [0.4, 0.5) is 0 Å². The molecule has 0 unspecified atom stereocenters. The molecule has 0 atom stereocenters. The first-order valence-corrected chi connectivity index (χ1v) is 7.73. The molecule has 0 radical (unpaired) electrons. The first-order valence-electron chi connectivity index (χ1n) is 6.85. The number of rotatable bonds is 7. The molecule has 1 fully saturated rings. The highest BCUT2D eigenvalue weighted by Gasteiger charge is 2.20. The van der Waals surface area contributed by atoms with Gasteiger partial charge < -0.3 is 15.4 Å². The van der Waals surface area contributed by atoms with Crippen LogP contribution in [-0.4, -0.2) is 32.8 Å². The normalized spacial score (nSPS) is 14.8. The number of nitrogens with zero attached hydrogens (tertiary/aromatic N) is 1. The molecule has 20 heavy (non-hydrogen) atoms. The summed E-state index contributed by atoms with van der Waals surface area (Å²) in [5, 5.41) is 8.70. The fraction of sp³-hybridized carbons (Fsp3) is 0.643. The second-order valence-electron chi connectivity index (χ2n) is 4.90. The van der Waals surface area contributed by atoms with Crippen LogP contribution in [0.5, 0.6) is 0 Å². The number of guanidine groups is 1. The Labute approximate surface area is 142 Å². The van der Waals surface area contributed by atoms with Gasteiger partial charge in [0.1, 0.15) is 0 Å². The zero-order valence-corrected chi connectivity index (χ0v) is 15.3. The summed E-state index contributed by atoms with van der Waals surface area (Å²) in [7, 11) is 1.79. The Bertz CT molecular complexity index is 418. The molecule has 1 aliphatic rings. The molecule has 1 saturated carbocycles. The highest BCUT2D eigenvalue weighted by atomic mass is 127. The van der Waals surface area contributed by atoms with E-state index in [2.05, 4.69) is 34.0 Å². The van der Waals surface area contributed by atoms with E-state index in [1.807, 2.05) is 0 Å². The molecular formula is C14H24IN3OS. The molecule has 0 aromatic carbocycles. The topological polar surface area (TPSA) is 45.7 Å². The van der Waals surface area contributed by atoms with Crippen LogP contribution in [0.1, 0.15) is 23.3 Å². The second-order valence-corrected chi connectivity index (χ2v) is 5.90. The monoisotopic (exact) mass is 409 g/mol. The van der Waals surface area contributed by atoms with Gasteiger partial charge in [0.05, 0.1) is 13.2 Å². The van der Waals surface area contributed by atoms with Crippen molar-refractivity contribution in [3.8, 4) is 0 Å². The molecule has 0 saturated heterocycles. The van der Waals surface area contributed by atoms with E-state index in [0.717, 1.165) is 38.2 Å². The maximum absolute atomic E-state index is 5.58. The fourth-order valence-electron chi connectivity index (χ4n) is 1.75. The summed E-state index contributed by atoms with van der Waals surface area (Å²) in [4.78, 5) is 5.56. The van der Waals surface area contributed by atoms with E-state index < -0.39 is 0 Å². The van der Waals surface area contributed by atoms with Gasteiger partial charge in [0.25, 0.3) is 0 Å². The lowest BCUT2D eigenvalue weighted by Gasteiger charge is -2.11. The van der Waals surface area contributed by atoms with Gasteiger partial charge >= 0.3 is 0 Å². The molecular weight excluding hydrogens is 385 g/mol. The number of aryl methyl sites for hydroxylation is 1. The van der Waals surface area contributed by atoms with Crippen LogP contribution < -0.4 is 10.6 Å². The van der Waals surface area contributed by atoms with Crippen LogP contribution in [0, 0.1) is 12.8 Å². The highest BCUT2D eigenvalue weighted by molar-refractivity contribution is 14.0. The molecule has 0 aliphatic heterocycles. The quantitative estimate of drug-likeness (QED) is 0.315. The lowest BCUT2D eigenvalue weighted by molar-refractivity contribution is 0.129. The number of halogens is 1. The van der Waals surface area contributed by atoms with E-state index in [-0.39, 0.29) is 24.0 Å². The van der Waals surface area contributed by atoms with E-state index in [0.29, 0.717) is 0 Å². The number of hydrogen-bond donors (Lipinski definition) is 2. The molecule has 114 valence electrons. The van der Waals surface area contributed by atoms with Crippen molar-refractivity contribution in [3.05, 3.63) is 21.9 Å². The summed E-state index contributed by atoms with van der Waals surface area (Å²) < 4.78 is 5.58. The summed E-state index contributed by atoms with van der Waals surface area (Å²) >= 11 is 1.77. The van der Waals surface area contributed by atoms with Gasteiger partial charge in [-0.15, -0.1) is 35.3 Å². The Morgan fingerprint density at radius 2 is 2.25 bits per heavy atom. The number of nitrogens with one attached hydrogen (secondary N) is 2. The largest absolute Gasteiger partial charge is 0.379 e. The lowest BCUT2D eigenvalue weighted by Crippen LogP contribution is -2.38. The minimum atomic E-state index is 0. The molecule has 0 spiro atoms. The molecule has 1 aliphatic carbocycles. The maximum atomic E-state index is 5.58. The van der Waals surface area contributed by atoms with E-state index in [1.54, 1.807) is 18.4 Å². The standard InChI is InChI=1S/C14H23N3OS.HI/c1-11-5-8-19-13(11)9-17-14(15-2)16-6-7-18-10-12-3-4-12;/h5,8,12H,3-4,6-7,9-10H2,1-2H3,(H2,15,16,17);1H. The number of hydrogen-bond acceptors (Lipinski definition) is 3. The van der Waals surface area contributed by atoms with Gasteiger partial charge in [-0.25, -0.2) is 0 Å². The average Bonchev–Trinajstić information content (AvgIpc) is 3.15. The van der Waals surface area contributed by atoms with Gasteiger partial charge in [0, 0.05) is 25.1 Å². The minimum absolute atomic E-state index is 0. The first kappa shape index (κ1) is 17.7. The van der Waals surface area contributed by atoms with Crippen molar-refractivity contribution >= 4 is 41.3 Å². The van der Waals surface area contributed by atoms with E-state index in [4.69, 9.17) is 4.74 Å². The van der Waals surface area contributed by atoms with Crippen molar-refractivity contribution in [2.75, 3.05) is 26.8 Å². The number of ether oxygens (including phenoxy) is 1. The van der Waals surface area contributed by atoms with Crippen LogP contribution in [0.15, 0.2) is 16.4 Å². The molecule has 2 rings (SSSR count). The van der Waals surface area contributed by atoms with Gasteiger partial charge in [0.15, 0.2) is 5.96 Å². The van der Waals surface area contributed by atoms with Gasteiger partial charge in [-0.1, -0.05) is 0 Å². The highest BCUT2D eigenvalue weighted by Crippen LogP contribution is 2.28. The second kappa shape index (κ2) is 9.57. The molecule has 0 amide bonds. The van der Waals surface area contributed by atoms with Gasteiger partial charge in [-0.3, -0.25) is 4.99 Å². The Morgan fingerprint density at radius 3 is 2.85 bits per heavy atom. The van der Waals surface area contributed by atoms with Gasteiger partial charge in [-0.2, -0.15) is 0 Å². The number of thiophene rings is 1. The van der Waals surface area contributed by atoms with Crippen molar-refractivity contribution < 1.29 is 4.74 Å². The third-order valence-electron chi connectivity index (χ3n) is 3.20. The molecule has 6 heteroatoms. The molecule has 4 nitrogen and oxygen atoms in total. The van der Waals surface area contributed by atoms with Crippen molar-refractivity contribution in [2.45, 2.75) is 26.3 Å². The van der Waals surface area contributed by atoms with E-state index in [9.17, 15) is 0 Å². The Kier molecular flexibility index (Phi) is 8.47. The zero-order chi connectivity index (χ0) is 13.5. The van der Waals surface area contributed by atoms with Crippen molar-refractivity contribution in [1.29, 1.82) is 0 Å². The molecule has 1 aromatic rings. The summed E-state index contributed by atoms with van der Waals surface area (Å²) in [6.07, 6.45) is 2.69. The summed E-state index contributed by atoms with van der Waals surface area (Å²) in [6, 6.07) is 2.14. The summed E-state index contributed by atoms with van der Waals surface area (Å²) in [6.45, 7) is 5.43. The third-order valence-corrected chi connectivity index (χ3v) is 4.22. The van der Waals surface area contributed by atoms with Crippen LogP contribution in [0.3, 0.4) is 0 Å². The first-order chi connectivity index (χ1) is 9.29.